The number of hydrogen-bond acceptors (Lipinski definition) is 3. The standard InChI is InChI=1S/C10H6BrClN2O.C10H16N2/c11-8-1-6-3-10(14-5-15)13-4-7(6)2-9(8)12;1-4-9-7(2)10(9)8-5-11-12(3)6-8/h1-5H,(H,13,14,15);5-7,9-10H,4H2,1-3H3. The van der Waals surface area contributed by atoms with Crippen LogP contribution in [0.3, 0.4) is 0 Å². The van der Waals surface area contributed by atoms with E-state index in [-0.39, 0.29) is 0 Å². The molecule has 1 N–H and O–H groups in total. The highest BCUT2D eigenvalue weighted by molar-refractivity contribution is 9.10. The van der Waals surface area contributed by atoms with Gasteiger partial charge in [-0.05, 0) is 62.8 Å². The predicted octanol–water partition coefficient (Wildman–Crippen LogP) is 5.40. The molecule has 3 atom stereocenters. The second-order valence-corrected chi connectivity index (χ2v) is 8.11. The maximum Gasteiger partial charge on any atom is 0.212 e. The first-order valence-corrected chi connectivity index (χ1v) is 10.0. The van der Waals surface area contributed by atoms with Crippen LogP contribution in [0.4, 0.5) is 5.82 Å². The first kappa shape index (κ1) is 19.8. The van der Waals surface area contributed by atoms with Crippen molar-refractivity contribution in [2.75, 3.05) is 5.32 Å². The summed E-state index contributed by atoms with van der Waals surface area (Å²) in [6, 6.07) is 5.48. The number of amides is 1. The minimum atomic E-state index is 0.520. The second kappa shape index (κ2) is 8.40. The molecule has 0 spiro atoms. The third kappa shape index (κ3) is 4.50. The summed E-state index contributed by atoms with van der Waals surface area (Å²) in [5, 5.41) is 9.22. The number of carbonyl (C=O) groups excluding carboxylic acids is 1. The molecule has 0 bridgehead atoms. The molecule has 2 heterocycles. The molecule has 1 amide bonds. The SMILES string of the molecule is CCC1C(C)C1c1cnn(C)c1.O=CNc1cc2cc(Br)c(Cl)cc2cn1. The summed E-state index contributed by atoms with van der Waals surface area (Å²) in [6.45, 7) is 4.61. The van der Waals surface area contributed by atoms with Crippen LogP contribution in [0.1, 0.15) is 31.7 Å². The number of hydrogen-bond donors (Lipinski definition) is 1. The van der Waals surface area contributed by atoms with Crippen molar-refractivity contribution >= 4 is 50.5 Å². The van der Waals surface area contributed by atoms with Crippen molar-refractivity contribution in [1.82, 2.24) is 14.8 Å². The van der Waals surface area contributed by atoms with E-state index in [0.717, 1.165) is 33.0 Å². The lowest BCUT2D eigenvalue weighted by atomic mass is 10.2. The molecule has 1 aliphatic carbocycles. The lowest BCUT2D eigenvalue weighted by molar-refractivity contribution is -0.105. The Labute approximate surface area is 172 Å². The van der Waals surface area contributed by atoms with Crippen molar-refractivity contribution in [3.8, 4) is 0 Å². The van der Waals surface area contributed by atoms with Crippen LogP contribution in [0.25, 0.3) is 10.8 Å². The van der Waals surface area contributed by atoms with Gasteiger partial charge in [0.15, 0.2) is 0 Å². The van der Waals surface area contributed by atoms with Crippen LogP contribution in [0.5, 0.6) is 0 Å². The van der Waals surface area contributed by atoms with Gasteiger partial charge in [-0.15, -0.1) is 0 Å². The van der Waals surface area contributed by atoms with Gasteiger partial charge in [0.2, 0.25) is 6.41 Å². The van der Waals surface area contributed by atoms with E-state index in [0.29, 0.717) is 17.3 Å². The third-order valence-electron chi connectivity index (χ3n) is 5.11. The van der Waals surface area contributed by atoms with Crippen LogP contribution in [0.15, 0.2) is 41.3 Å². The lowest BCUT2D eigenvalue weighted by Gasteiger charge is -2.03. The van der Waals surface area contributed by atoms with Crippen molar-refractivity contribution in [3.63, 3.8) is 0 Å². The molecule has 0 radical (unpaired) electrons. The zero-order valence-corrected chi connectivity index (χ0v) is 17.8. The van der Waals surface area contributed by atoms with Crippen molar-refractivity contribution < 1.29 is 4.79 Å². The van der Waals surface area contributed by atoms with E-state index in [1.54, 1.807) is 12.3 Å². The van der Waals surface area contributed by atoms with Crippen LogP contribution in [-0.2, 0) is 11.8 Å². The zero-order chi connectivity index (χ0) is 19.6. The number of rotatable bonds is 4. The molecule has 7 heteroatoms. The first-order valence-electron chi connectivity index (χ1n) is 8.88. The fraction of sp³-hybridized carbons (Fsp3) is 0.350. The number of carbonyl (C=O) groups is 1. The predicted molar refractivity (Wildman–Crippen MR) is 113 cm³/mol. The molecule has 1 aromatic carbocycles. The van der Waals surface area contributed by atoms with Gasteiger partial charge in [0.05, 0.1) is 11.2 Å². The monoisotopic (exact) mass is 448 g/mol. The van der Waals surface area contributed by atoms with E-state index >= 15 is 0 Å². The first-order chi connectivity index (χ1) is 12.9. The van der Waals surface area contributed by atoms with Gasteiger partial charge in [-0.25, -0.2) is 4.98 Å². The molecule has 0 aliphatic heterocycles. The van der Waals surface area contributed by atoms with Crippen molar-refractivity contribution in [3.05, 3.63) is 51.8 Å². The number of fused-ring (bicyclic) bond motifs is 1. The summed E-state index contributed by atoms with van der Waals surface area (Å²) in [6.07, 6.45) is 7.73. The lowest BCUT2D eigenvalue weighted by Crippen LogP contribution is -1.95. The summed E-state index contributed by atoms with van der Waals surface area (Å²) >= 11 is 9.28. The molecule has 5 nitrogen and oxygen atoms in total. The van der Waals surface area contributed by atoms with Crippen LogP contribution in [0.2, 0.25) is 5.02 Å². The summed E-state index contributed by atoms with van der Waals surface area (Å²) in [5.41, 5.74) is 1.43. The molecule has 0 saturated heterocycles. The smallest absolute Gasteiger partial charge is 0.212 e. The second-order valence-electron chi connectivity index (χ2n) is 6.85. The molecular weight excluding hydrogens is 428 g/mol. The molecule has 142 valence electrons. The molecular formula is C20H22BrClN4O. The fourth-order valence-electron chi connectivity index (χ4n) is 3.61. The third-order valence-corrected chi connectivity index (χ3v) is 6.31. The molecule has 1 fully saturated rings. The quantitative estimate of drug-likeness (QED) is 0.543. The Kier molecular flexibility index (Phi) is 6.17. The van der Waals surface area contributed by atoms with E-state index in [1.807, 2.05) is 30.1 Å². The number of nitrogens with one attached hydrogen (secondary N) is 1. The van der Waals surface area contributed by atoms with Gasteiger partial charge in [-0.1, -0.05) is 31.9 Å². The van der Waals surface area contributed by atoms with Crippen molar-refractivity contribution in [2.45, 2.75) is 26.2 Å². The number of nitrogens with zero attached hydrogens (tertiary/aromatic N) is 3. The topological polar surface area (TPSA) is 59.8 Å². The molecule has 1 aliphatic rings. The van der Waals surface area contributed by atoms with Crippen LogP contribution >= 0.6 is 27.5 Å². The highest BCUT2D eigenvalue weighted by Gasteiger charge is 2.46. The molecule has 3 unspecified atom stereocenters. The van der Waals surface area contributed by atoms with E-state index in [9.17, 15) is 4.79 Å². The number of benzene rings is 1. The average Bonchev–Trinajstić information content (AvgIpc) is 3.09. The van der Waals surface area contributed by atoms with Gasteiger partial charge in [0, 0.05) is 29.3 Å². The van der Waals surface area contributed by atoms with Gasteiger partial charge >= 0.3 is 0 Å². The molecule has 27 heavy (non-hydrogen) atoms. The maximum atomic E-state index is 10.2. The number of pyridine rings is 1. The van der Waals surface area contributed by atoms with Gasteiger partial charge in [-0.2, -0.15) is 5.10 Å². The van der Waals surface area contributed by atoms with Gasteiger partial charge in [0.25, 0.3) is 0 Å². The van der Waals surface area contributed by atoms with Gasteiger partial charge in [-0.3, -0.25) is 9.48 Å². The molecule has 2 aromatic heterocycles. The Morgan fingerprint density at radius 3 is 2.67 bits per heavy atom. The van der Waals surface area contributed by atoms with Crippen molar-refractivity contribution in [1.29, 1.82) is 0 Å². The summed E-state index contributed by atoms with van der Waals surface area (Å²) in [4.78, 5) is 14.3. The Balaban J connectivity index is 0.000000159. The largest absolute Gasteiger partial charge is 0.313 e. The average molecular weight is 450 g/mol. The Bertz CT molecular complexity index is 958. The summed E-state index contributed by atoms with van der Waals surface area (Å²) in [5.74, 6) is 3.10. The highest BCUT2D eigenvalue weighted by Crippen LogP contribution is 2.55. The van der Waals surface area contributed by atoms with E-state index in [2.05, 4.69) is 51.4 Å². The van der Waals surface area contributed by atoms with E-state index in [1.165, 1.54) is 12.0 Å². The highest BCUT2D eigenvalue weighted by atomic mass is 79.9. The summed E-state index contributed by atoms with van der Waals surface area (Å²) in [7, 11) is 1.98. The molecule has 1 saturated carbocycles. The van der Waals surface area contributed by atoms with Crippen LogP contribution in [-0.4, -0.2) is 21.2 Å². The Hall–Kier alpha value is -1.92. The fourth-order valence-corrected chi connectivity index (χ4v) is 4.14. The van der Waals surface area contributed by atoms with Crippen LogP contribution in [0, 0.1) is 11.8 Å². The Morgan fingerprint density at radius 1 is 1.30 bits per heavy atom. The number of aryl methyl sites for hydroxylation is 1. The van der Waals surface area contributed by atoms with E-state index in [4.69, 9.17) is 11.6 Å². The number of aromatic nitrogens is 3. The Morgan fingerprint density at radius 2 is 2.07 bits per heavy atom. The maximum absolute atomic E-state index is 10.2. The summed E-state index contributed by atoms with van der Waals surface area (Å²) < 4.78 is 2.72. The van der Waals surface area contributed by atoms with Gasteiger partial charge < -0.3 is 5.32 Å². The van der Waals surface area contributed by atoms with Crippen molar-refractivity contribution in [2.24, 2.45) is 18.9 Å². The normalized spacial score (nSPS) is 20.7. The minimum Gasteiger partial charge on any atom is -0.313 e. The van der Waals surface area contributed by atoms with Crippen LogP contribution < -0.4 is 5.32 Å². The minimum absolute atomic E-state index is 0.520. The van der Waals surface area contributed by atoms with Gasteiger partial charge in [0.1, 0.15) is 5.82 Å². The molecule has 4 rings (SSSR count). The number of halogens is 2. The van der Waals surface area contributed by atoms with E-state index < -0.39 is 0 Å². The molecule has 3 aromatic rings. The number of anilines is 1. The zero-order valence-electron chi connectivity index (χ0n) is 15.5.